The Morgan fingerprint density at radius 1 is 1.00 bits per heavy atom. The molecule has 1 N–H and O–H groups in total. The second-order valence-corrected chi connectivity index (χ2v) is 5.66. The summed E-state index contributed by atoms with van der Waals surface area (Å²) in [4.78, 5) is 19.3. The highest BCUT2D eigenvalue weighted by molar-refractivity contribution is 6.02. The molecule has 0 saturated heterocycles. The number of hydrogen-bond donors (Lipinski definition) is 1. The molecule has 3 aromatic rings. The summed E-state index contributed by atoms with van der Waals surface area (Å²) in [6.45, 7) is -0.0924. The van der Waals surface area contributed by atoms with Crippen LogP contribution in [-0.4, -0.2) is 36.7 Å². The van der Waals surface area contributed by atoms with Crippen molar-refractivity contribution in [3.8, 4) is 0 Å². The van der Waals surface area contributed by atoms with Gasteiger partial charge in [0.15, 0.2) is 0 Å². The molecule has 0 aliphatic heterocycles. The standard InChI is InChI=1S/C19H19N3O2/c1-21(13-18(23)24)19-16-11-7-6-10-15(16)17(12-20-19)22(2)14-8-4-3-5-9-14/h3-12H,13H2,1-2H3,(H,23,24). The summed E-state index contributed by atoms with van der Waals surface area (Å²) < 4.78 is 0. The van der Waals surface area contributed by atoms with Gasteiger partial charge in [0.25, 0.3) is 0 Å². The number of carbonyl (C=O) groups is 1. The average molecular weight is 321 g/mol. The van der Waals surface area contributed by atoms with E-state index in [1.807, 2.05) is 61.6 Å². The lowest BCUT2D eigenvalue weighted by atomic mass is 10.1. The number of anilines is 3. The van der Waals surface area contributed by atoms with Crippen LogP contribution in [0, 0.1) is 0 Å². The first-order valence-electron chi connectivity index (χ1n) is 7.67. The van der Waals surface area contributed by atoms with E-state index < -0.39 is 5.97 Å². The highest BCUT2D eigenvalue weighted by Gasteiger charge is 2.15. The van der Waals surface area contributed by atoms with Gasteiger partial charge in [0.2, 0.25) is 0 Å². The normalized spacial score (nSPS) is 10.6. The van der Waals surface area contributed by atoms with Crippen molar-refractivity contribution in [3.63, 3.8) is 0 Å². The smallest absolute Gasteiger partial charge is 0.323 e. The van der Waals surface area contributed by atoms with E-state index in [0.29, 0.717) is 5.82 Å². The van der Waals surface area contributed by atoms with E-state index in [4.69, 9.17) is 5.11 Å². The molecule has 0 unspecified atom stereocenters. The van der Waals surface area contributed by atoms with E-state index in [9.17, 15) is 4.79 Å². The maximum absolute atomic E-state index is 11.0. The highest BCUT2D eigenvalue weighted by atomic mass is 16.4. The summed E-state index contributed by atoms with van der Waals surface area (Å²) in [5.74, 6) is -0.216. The van der Waals surface area contributed by atoms with Crippen molar-refractivity contribution in [2.24, 2.45) is 0 Å². The van der Waals surface area contributed by atoms with Crippen LogP contribution in [0.2, 0.25) is 0 Å². The largest absolute Gasteiger partial charge is 0.480 e. The zero-order chi connectivity index (χ0) is 17.1. The lowest BCUT2D eigenvalue weighted by Crippen LogP contribution is -2.26. The van der Waals surface area contributed by atoms with Gasteiger partial charge in [0.05, 0.1) is 11.9 Å². The Morgan fingerprint density at radius 3 is 2.29 bits per heavy atom. The molecule has 5 heteroatoms. The Morgan fingerprint density at radius 2 is 1.62 bits per heavy atom. The summed E-state index contributed by atoms with van der Waals surface area (Å²) in [6, 6.07) is 18.0. The molecule has 1 heterocycles. The molecule has 0 spiro atoms. The van der Waals surface area contributed by atoms with Crippen molar-refractivity contribution in [1.29, 1.82) is 0 Å². The van der Waals surface area contributed by atoms with Gasteiger partial charge in [0.1, 0.15) is 12.4 Å². The lowest BCUT2D eigenvalue weighted by molar-refractivity contribution is -0.135. The fourth-order valence-electron chi connectivity index (χ4n) is 2.80. The Labute approximate surface area is 140 Å². The summed E-state index contributed by atoms with van der Waals surface area (Å²) in [5, 5.41) is 11.0. The molecular formula is C19H19N3O2. The van der Waals surface area contributed by atoms with Crippen LogP contribution in [0.3, 0.4) is 0 Å². The third-order valence-electron chi connectivity index (χ3n) is 3.99. The predicted octanol–water partition coefficient (Wildman–Crippen LogP) is 3.52. The number of carboxylic acids is 1. The molecule has 3 rings (SSSR count). The molecule has 24 heavy (non-hydrogen) atoms. The van der Waals surface area contributed by atoms with Crippen LogP contribution in [0.25, 0.3) is 10.8 Å². The number of pyridine rings is 1. The fourth-order valence-corrected chi connectivity index (χ4v) is 2.80. The van der Waals surface area contributed by atoms with Crippen molar-refractivity contribution >= 4 is 33.9 Å². The molecule has 0 aliphatic carbocycles. The summed E-state index contributed by atoms with van der Waals surface area (Å²) >= 11 is 0. The van der Waals surface area contributed by atoms with Crippen LogP contribution in [0.15, 0.2) is 60.8 Å². The maximum Gasteiger partial charge on any atom is 0.323 e. The van der Waals surface area contributed by atoms with Gasteiger partial charge in [-0.2, -0.15) is 0 Å². The number of hydrogen-bond acceptors (Lipinski definition) is 4. The topological polar surface area (TPSA) is 56.7 Å². The number of para-hydroxylation sites is 1. The van der Waals surface area contributed by atoms with E-state index >= 15 is 0 Å². The number of rotatable bonds is 5. The van der Waals surface area contributed by atoms with Gasteiger partial charge in [-0.15, -0.1) is 0 Å². The van der Waals surface area contributed by atoms with Gasteiger partial charge in [-0.05, 0) is 12.1 Å². The molecule has 0 amide bonds. The second kappa shape index (κ2) is 6.58. The van der Waals surface area contributed by atoms with Crippen LogP contribution in [-0.2, 0) is 4.79 Å². The van der Waals surface area contributed by atoms with E-state index in [1.54, 1.807) is 18.1 Å². The summed E-state index contributed by atoms with van der Waals surface area (Å²) in [7, 11) is 3.74. The van der Waals surface area contributed by atoms with Crippen molar-refractivity contribution < 1.29 is 9.90 Å². The van der Waals surface area contributed by atoms with Crippen LogP contribution in [0.1, 0.15) is 0 Å². The molecule has 1 aromatic heterocycles. The molecule has 0 bridgehead atoms. The molecule has 5 nitrogen and oxygen atoms in total. The number of nitrogens with zero attached hydrogens (tertiary/aromatic N) is 3. The zero-order valence-corrected chi connectivity index (χ0v) is 13.7. The number of fused-ring (bicyclic) bond motifs is 1. The van der Waals surface area contributed by atoms with E-state index in [-0.39, 0.29) is 6.54 Å². The fraction of sp³-hybridized carbons (Fsp3) is 0.158. The number of likely N-dealkylation sites (N-methyl/N-ethyl adjacent to an activating group) is 1. The molecule has 2 aromatic carbocycles. The van der Waals surface area contributed by atoms with Gasteiger partial charge in [-0.1, -0.05) is 42.5 Å². The zero-order valence-electron chi connectivity index (χ0n) is 13.7. The first-order chi connectivity index (χ1) is 11.6. The monoisotopic (exact) mass is 321 g/mol. The Balaban J connectivity index is 2.10. The minimum atomic E-state index is -0.881. The van der Waals surface area contributed by atoms with Crippen LogP contribution >= 0.6 is 0 Å². The Kier molecular flexibility index (Phi) is 4.33. The quantitative estimate of drug-likeness (QED) is 0.779. The number of benzene rings is 2. The van der Waals surface area contributed by atoms with Crippen LogP contribution < -0.4 is 9.80 Å². The summed E-state index contributed by atoms with van der Waals surface area (Å²) in [5.41, 5.74) is 2.04. The molecule has 0 radical (unpaired) electrons. The molecule has 0 atom stereocenters. The van der Waals surface area contributed by atoms with Gasteiger partial charge >= 0.3 is 5.97 Å². The van der Waals surface area contributed by atoms with Gasteiger partial charge in [-0.3, -0.25) is 4.79 Å². The second-order valence-electron chi connectivity index (χ2n) is 5.66. The molecule has 0 saturated carbocycles. The molecule has 0 aliphatic rings. The average Bonchev–Trinajstić information content (AvgIpc) is 2.60. The lowest BCUT2D eigenvalue weighted by Gasteiger charge is -2.24. The third-order valence-corrected chi connectivity index (χ3v) is 3.99. The van der Waals surface area contributed by atoms with Crippen LogP contribution in [0.5, 0.6) is 0 Å². The SMILES string of the molecule is CN(CC(=O)O)c1ncc(N(C)c2ccccc2)c2ccccc12. The Hall–Kier alpha value is -3.08. The van der Waals surface area contributed by atoms with Crippen molar-refractivity contribution in [3.05, 3.63) is 60.8 Å². The minimum absolute atomic E-state index is 0.0924. The minimum Gasteiger partial charge on any atom is -0.480 e. The van der Waals surface area contributed by atoms with Gasteiger partial charge in [-0.25, -0.2) is 4.98 Å². The van der Waals surface area contributed by atoms with Crippen LogP contribution in [0.4, 0.5) is 17.2 Å². The van der Waals surface area contributed by atoms with E-state index in [1.165, 1.54) is 0 Å². The van der Waals surface area contributed by atoms with E-state index in [2.05, 4.69) is 9.88 Å². The number of aromatic nitrogens is 1. The summed E-state index contributed by atoms with van der Waals surface area (Å²) in [6.07, 6.45) is 1.79. The first kappa shape index (κ1) is 15.8. The molecular weight excluding hydrogens is 302 g/mol. The molecule has 122 valence electrons. The van der Waals surface area contributed by atoms with Gasteiger partial charge in [0, 0.05) is 30.6 Å². The van der Waals surface area contributed by atoms with E-state index in [0.717, 1.165) is 22.1 Å². The van der Waals surface area contributed by atoms with Crippen molar-refractivity contribution in [1.82, 2.24) is 4.98 Å². The highest BCUT2D eigenvalue weighted by Crippen LogP contribution is 2.34. The number of aliphatic carboxylic acids is 1. The predicted molar refractivity (Wildman–Crippen MR) is 97.2 cm³/mol. The van der Waals surface area contributed by atoms with Crippen molar-refractivity contribution in [2.45, 2.75) is 0 Å². The third kappa shape index (κ3) is 3.01. The Bertz CT molecular complexity index is 865. The first-order valence-corrected chi connectivity index (χ1v) is 7.67. The van der Waals surface area contributed by atoms with Crippen molar-refractivity contribution in [2.75, 3.05) is 30.4 Å². The molecule has 0 fully saturated rings. The maximum atomic E-state index is 11.0. The number of carboxylic acid groups (broad SMARTS) is 1. The van der Waals surface area contributed by atoms with Gasteiger partial charge < -0.3 is 14.9 Å².